The molecule has 0 aliphatic heterocycles. The number of ether oxygens (including phenoxy) is 1. The van der Waals surface area contributed by atoms with Gasteiger partial charge in [0.15, 0.2) is 0 Å². The molecule has 0 radical (unpaired) electrons. The molecule has 0 aliphatic rings. The first-order valence-electron chi connectivity index (χ1n) is 6.21. The van der Waals surface area contributed by atoms with Crippen LogP contribution in [0.2, 0.25) is 0 Å². The van der Waals surface area contributed by atoms with Crippen molar-refractivity contribution in [2.45, 2.75) is 26.7 Å². The molecule has 0 atom stereocenters. The molecule has 1 aromatic heterocycles. The van der Waals surface area contributed by atoms with E-state index >= 15 is 0 Å². The molecular weight excluding hydrogens is 214 g/mol. The van der Waals surface area contributed by atoms with E-state index in [1.165, 1.54) is 5.56 Å². The second kappa shape index (κ2) is 6.77. The lowest BCUT2D eigenvalue weighted by atomic mass is 9.90. The van der Waals surface area contributed by atoms with Gasteiger partial charge in [-0.2, -0.15) is 5.10 Å². The topological polar surface area (TPSA) is 39.1 Å². The number of nitrogens with one attached hydrogen (secondary N) is 1. The predicted octanol–water partition coefficient (Wildman–Crippen LogP) is 1.61. The Morgan fingerprint density at radius 3 is 2.82 bits per heavy atom. The van der Waals surface area contributed by atoms with E-state index in [-0.39, 0.29) is 0 Å². The summed E-state index contributed by atoms with van der Waals surface area (Å²) in [6.07, 6.45) is 6.12. The highest BCUT2D eigenvalue weighted by molar-refractivity contribution is 5.03. The van der Waals surface area contributed by atoms with Crippen LogP contribution < -0.4 is 5.32 Å². The van der Waals surface area contributed by atoms with Crippen LogP contribution >= 0.6 is 0 Å². The van der Waals surface area contributed by atoms with Crippen molar-refractivity contribution in [2.75, 3.05) is 26.8 Å². The summed E-state index contributed by atoms with van der Waals surface area (Å²) in [5.41, 5.74) is 1.58. The minimum absolute atomic E-state index is 0.297. The van der Waals surface area contributed by atoms with E-state index in [1.807, 2.05) is 17.9 Å². The van der Waals surface area contributed by atoms with Gasteiger partial charge in [0, 0.05) is 33.5 Å². The summed E-state index contributed by atoms with van der Waals surface area (Å²) < 4.78 is 6.96. The van der Waals surface area contributed by atoms with Crippen LogP contribution in [0.15, 0.2) is 12.4 Å². The zero-order valence-corrected chi connectivity index (χ0v) is 11.5. The zero-order chi connectivity index (χ0) is 12.7. The zero-order valence-electron chi connectivity index (χ0n) is 11.5. The summed E-state index contributed by atoms with van der Waals surface area (Å²) in [5, 5.41) is 7.66. The molecule has 0 fully saturated rings. The quantitative estimate of drug-likeness (QED) is 0.701. The highest BCUT2D eigenvalue weighted by atomic mass is 16.5. The van der Waals surface area contributed by atoms with Gasteiger partial charge in [0.25, 0.3) is 0 Å². The van der Waals surface area contributed by atoms with Crippen LogP contribution in [0.1, 0.15) is 25.8 Å². The van der Waals surface area contributed by atoms with Crippen LogP contribution in [0.5, 0.6) is 0 Å². The molecule has 0 bridgehead atoms. The van der Waals surface area contributed by atoms with Crippen molar-refractivity contribution in [1.82, 2.24) is 15.1 Å². The first-order chi connectivity index (χ1) is 8.03. The van der Waals surface area contributed by atoms with Gasteiger partial charge in [-0.1, -0.05) is 13.8 Å². The smallest absolute Gasteiger partial charge is 0.0522 e. The normalized spacial score (nSPS) is 12.0. The van der Waals surface area contributed by atoms with Crippen LogP contribution in [0, 0.1) is 5.41 Å². The van der Waals surface area contributed by atoms with E-state index in [1.54, 1.807) is 7.11 Å². The van der Waals surface area contributed by atoms with Gasteiger partial charge in [0.1, 0.15) is 0 Å². The summed E-state index contributed by atoms with van der Waals surface area (Å²) >= 11 is 0. The Bertz CT molecular complexity index is 320. The molecule has 0 saturated heterocycles. The van der Waals surface area contributed by atoms with E-state index in [0.717, 1.165) is 32.5 Å². The average molecular weight is 239 g/mol. The highest BCUT2D eigenvalue weighted by Crippen LogP contribution is 2.18. The Kier molecular flexibility index (Phi) is 5.65. The second-order valence-corrected chi connectivity index (χ2v) is 5.36. The molecule has 1 heterocycles. The van der Waals surface area contributed by atoms with Gasteiger partial charge in [-0.15, -0.1) is 0 Å². The Morgan fingerprint density at radius 1 is 1.47 bits per heavy atom. The SMILES string of the molecule is COCCC(C)(C)CNCCc1cnn(C)c1. The Labute approximate surface area is 104 Å². The molecule has 4 nitrogen and oxygen atoms in total. The molecule has 0 unspecified atom stereocenters. The Balaban J connectivity index is 2.15. The fourth-order valence-electron chi connectivity index (χ4n) is 1.73. The number of methoxy groups -OCH3 is 1. The number of nitrogens with zero attached hydrogens (tertiary/aromatic N) is 2. The minimum Gasteiger partial charge on any atom is -0.385 e. The van der Waals surface area contributed by atoms with Crippen molar-refractivity contribution in [1.29, 1.82) is 0 Å². The van der Waals surface area contributed by atoms with Gasteiger partial charge in [0.05, 0.1) is 6.20 Å². The average Bonchev–Trinajstić information content (AvgIpc) is 2.68. The lowest BCUT2D eigenvalue weighted by Gasteiger charge is -2.24. The van der Waals surface area contributed by atoms with Crippen LogP contribution in [0.25, 0.3) is 0 Å². The lowest BCUT2D eigenvalue weighted by molar-refractivity contribution is 0.151. The third kappa shape index (κ3) is 5.84. The van der Waals surface area contributed by atoms with Crippen molar-refractivity contribution in [3.63, 3.8) is 0 Å². The molecular formula is C13H25N3O. The number of aryl methyl sites for hydroxylation is 1. The summed E-state index contributed by atoms with van der Waals surface area (Å²) in [5.74, 6) is 0. The lowest BCUT2D eigenvalue weighted by Crippen LogP contribution is -2.31. The molecule has 0 spiro atoms. The molecule has 17 heavy (non-hydrogen) atoms. The van der Waals surface area contributed by atoms with Crippen molar-refractivity contribution >= 4 is 0 Å². The van der Waals surface area contributed by atoms with Crippen LogP contribution in [-0.2, 0) is 18.2 Å². The predicted molar refractivity (Wildman–Crippen MR) is 70.1 cm³/mol. The monoisotopic (exact) mass is 239 g/mol. The number of rotatable bonds is 8. The maximum Gasteiger partial charge on any atom is 0.0522 e. The third-order valence-corrected chi connectivity index (χ3v) is 2.94. The molecule has 1 aromatic rings. The largest absolute Gasteiger partial charge is 0.385 e. The summed E-state index contributed by atoms with van der Waals surface area (Å²) in [7, 11) is 3.71. The first-order valence-corrected chi connectivity index (χ1v) is 6.21. The van der Waals surface area contributed by atoms with Crippen molar-refractivity contribution in [3.8, 4) is 0 Å². The summed E-state index contributed by atoms with van der Waals surface area (Å²) in [4.78, 5) is 0. The molecule has 1 rings (SSSR count). The molecule has 0 aliphatic carbocycles. The molecule has 4 heteroatoms. The molecule has 0 amide bonds. The third-order valence-electron chi connectivity index (χ3n) is 2.94. The standard InChI is InChI=1S/C13H25N3O/c1-13(2,6-8-17-4)11-14-7-5-12-9-15-16(3)10-12/h9-10,14H,5-8,11H2,1-4H3. The van der Waals surface area contributed by atoms with E-state index in [9.17, 15) is 0 Å². The fraction of sp³-hybridized carbons (Fsp3) is 0.769. The van der Waals surface area contributed by atoms with Crippen molar-refractivity contribution in [3.05, 3.63) is 18.0 Å². The van der Waals surface area contributed by atoms with E-state index in [0.29, 0.717) is 5.41 Å². The van der Waals surface area contributed by atoms with Crippen LogP contribution in [-0.4, -0.2) is 36.6 Å². The van der Waals surface area contributed by atoms with E-state index in [2.05, 4.69) is 30.5 Å². The maximum absolute atomic E-state index is 5.12. The van der Waals surface area contributed by atoms with Gasteiger partial charge >= 0.3 is 0 Å². The van der Waals surface area contributed by atoms with E-state index in [4.69, 9.17) is 4.74 Å². The van der Waals surface area contributed by atoms with Crippen molar-refractivity contribution < 1.29 is 4.74 Å². The van der Waals surface area contributed by atoms with Gasteiger partial charge < -0.3 is 10.1 Å². The number of aromatic nitrogens is 2. The van der Waals surface area contributed by atoms with Crippen molar-refractivity contribution in [2.24, 2.45) is 12.5 Å². The molecule has 98 valence electrons. The number of hydrogen-bond acceptors (Lipinski definition) is 3. The molecule has 0 aromatic carbocycles. The molecule has 0 saturated carbocycles. The van der Waals surface area contributed by atoms with E-state index < -0.39 is 0 Å². The fourth-order valence-corrected chi connectivity index (χ4v) is 1.73. The second-order valence-electron chi connectivity index (χ2n) is 5.36. The first kappa shape index (κ1) is 14.2. The summed E-state index contributed by atoms with van der Waals surface area (Å²) in [6, 6.07) is 0. The molecule has 1 N–H and O–H groups in total. The van der Waals surface area contributed by atoms with Gasteiger partial charge in [-0.25, -0.2) is 0 Å². The van der Waals surface area contributed by atoms with Gasteiger partial charge in [0.2, 0.25) is 0 Å². The maximum atomic E-state index is 5.12. The number of hydrogen-bond donors (Lipinski definition) is 1. The Morgan fingerprint density at radius 2 is 2.24 bits per heavy atom. The van der Waals surface area contributed by atoms with Crippen LogP contribution in [0.4, 0.5) is 0 Å². The summed E-state index contributed by atoms with van der Waals surface area (Å²) in [6.45, 7) is 7.39. The van der Waals surface area contributed by atoms with Gasteiger partial charge in [-0.05, 0) is 30.4 Å². The van der Waals surface area contributed by atoms with Crippen LogP contribution in [0.3, 0.4) is 0 Å². The highest BCUT2D eigenvalue weighted by Gasteiger charge is 2.16. The van der Waals surface area contributed by atoms with Gasteiger partial charge in [-0.3, -0.25) is 4.68 Å². The Hall–Kier alpha value is -0.870. The minimum atomic E-state index is 0.297.